The summed E-state index contributed by atoms with van der Waals surface area (Å²) in [5.74, 6) is 0.902. The molecule has 1 atom stereocenters. The fourth-order valence-corrected chi connectivity index (χ4v) is 2.63. The molecule has 3 rings (SSSR count). The summed E-state index contributed by atoms with van der Waals surface area (Å²) in [5.41, 5.74) is 9.50. The molecule has 3 nitrogen and oxygen atoms in total. The van der Waals surface area contributed by atoms with E-state index in [0.717, 1.165) is 22.6 Å². The zero-order valence-corrected chi connectivity index (χ0v) is 14.6. The van der Waals surface area contributed by atoms with E-state index >= 15 is 0 Å². The monoisotopic (exact) mass is 377 g/mol. The van der Waals surface area contributed by atoms with Gasteiger partial charge in [0.25, 0.3) is 0 Å². The molecule has 2 N–H and O–H groups in total. The molecule has 114 valence electrons. The molecule has 1 unspecified atom stereocenters. The van der Waals surface area contributed by atoms with Crippen LogP contribution in [0.1, 0.15) is 23.0 Å². The average molecular weight is 379 g/mol. The van der Waals surface area contributed by atoms with E-state index in [0.29, 0.717) is 5.02 Å². The number of benzene rings is 2. The van der Waals surface area contributed by atoms with Gasteiger partial charge in [-0.3, -0.25) is 0 Å². The van der Waals surface area contributed by atoms with E-state index < -0.39 is 0 Å². The van der Waals surface area contributed by atoms with Crippen molar-refractivity contribution in [3.05, 3.63) is 82.9 Å². The van der Waals surface area contributed by atoms with Crippen LogP contribution in [0, 0.1) is 6.92 Å². The predicted octanol–water partition coefficient (Wildman–Crippen LogP) is 4.46. The van der Waals surface area contributed by atoms with Crippen LogP contribution in [0.5, 0.6) is 0 Å². The normalized spacial score (nSPS) is 11.8. The highest BCUT2D eigenvalue weighted by molar-refractivity contribution is 8.93. The van der Waals surface area contributed by atoms with Crippen LogP contribution in [-0.2, 0) is 0 Å². The number of nitrogens with two attached hydrogens (primary N) is 1. The molecule has 0 aliphatic rings. The van der Waals surface area contributed by atoms with E-state index in [1.165, 1.54) is 0 Å². The first-order valence-corrected chi connectivity index (χ1v) is 7.15. The van der Waals surface area contributed by atoms with Gasteiger partial charge in [0, 0.05) is 17.4 Å². The fourth-order valence-electron chi connectivity index (χ4n) is 2.46. The second-order valence-corrected chi connectivity index (χ2v) is 5.37. The highest BCUT2D eigenvalue weighted by Gasteiger charge is 2.15. The maximum Gasteiger partial charge on any atom is 0.110 e. The van der Waals surface area contributed by atoms with Crippen LogP contribution in [0.3, 0.4) is 0 Å². The zero-order valence-electron chi connectivity index (χ0n) is 12.1. The smallest absolute Gasteiger partial charge is 0.110 e. The van der Waals surface area contributed by atoms with Gasteiger partial charge in [0.1, 0.15) is 5.82 Å². The van der Waals surface area contributed by atoms with Crippen molar-refractivity contribution < 1.29 is 0 Å². The molecule has 1 aromatic heterocycles. The van der Waals surface area contributed by atoms with Gasteiger partial charge in [0.05, 0.1) is 11.7 Å². The van der Waals surface area contributed by atoms with E-state index in [4.69, 9.17) is 17.3 Å². The number of halogens is 2. The Morgan fingerprint density at radius 3 is 2.50 bits per heavy atom. The lowest BCUT2D eigenvalue weighted by molar-refractivity contribution is 0.843. The van der Waals surface area contributed by atoms with E-state index in [1.54, 1.807) is 6.20 Å². The van der Waals surface area contributed by atoms with Crippen LogP contribution < -0.4 is 5.73 Å². The Bertz CT molecular complexity index is 756. The summed E-state index contributed by atoms with van der Waals surface area (Å²) >= 11 is 6.16. The third-order valence-corrected chi connectivity index (χ3v) is 3.81. The minimum atomic E-state index is -0.208. The standard InChI is InChI=1S/C17H16ClN3.BrH/c1-12-20-9-10-21(12)16-11-14(18)7-8-15(16)17(19)13-5-3-2-4-6-13;/h2-11,17H,19H2,1H3;1H. The summed E-state index contributed by atoms with van der Waals surface area (Å²) in [4.78, 5) is 4.27. The maximum atomic E-state index is 6.45. The molecule has 0 aliphatic heterocycles. The molecule has 1 heterocycles. The van der Waals surface area contributed by atoms with Crippen molar-refractivity contribution in [1.82, 2.24) is 9.55 Å². The number of hydrogen-bond acceptors (Lipinski definition) is 2. The Balaban J connectivity index is 0.00000176. The number of hydrogen-bond donors (Lipinski definition) is 1. The van der Waals surface area contributed by atoms with Gasteiger partial charge in [-0.1, -0.05) is 48.0 Å². The number of nitrogens with zero attached hydrogens (tertiary/aromatic N) is 2. The molecular weight excluding hydrogens is 362 g/mol. The first-order valence-electron chi connectivity index (χ1n) is 6.77. The first kappa shape index (κ1) is 16.7. The van der Waals surface area contributed by atoms with Crippen LogP contribution in [0.4, 0.5) is 0 Å². The molecule has 5 heteroatoms. The molecule has 0 saturated carbocycles. The van der Waals surface area contributed by atoms with Gasteiger partial charge in [-0.2, -0.15) is 0 Å². The van der Waals surface area contributed by atoms with E-state index in [-0.39, 0.29) is 23.0 Å². The largest absolute Gasteiger partial charge is 0.320 e. The second kappa shape index (κ2) is 7.09. The summed E-state index contributed by atoms with van der Waals surface area (Å²) in [6, 6.07) is 15.6. The van der Waals surface area contributed by atoms with E-state index in [9.17, 15) is 0 Å². The molecule has 0 bridgehead atoms. The summed E-state index contributed by atoms with van der Waals surface area (Å²) in [6.07, 6.45) is 3.69. The van der Waals surface area contributed by atoms with Gasteiger partial charge >= 0.3 is 0 Å². The maximum absolute atomic E-state index is 6.45. The van der Waals surface area contributed by atoms with Gasteiger partial charge in [-0.05, 0) is 30.2 Å². The quantitative estimate of drug-likeness (QED) is 0.731. The van der Waals surface area contributed by atoms with Crippen molar-refractivity contribution in [2.75, 3.05) is 0 Å². The van der Waals surface area contributed by atoms with Crippen molar-refractivity contribution in [3.8, 4) is 5.69 Å². The number of aromatic nitrogens is 2. The Labute approximate surface area is 145 Å². The first-order chi connectivity index (χ1) is 10.2. The van der Waals surface area contributed by atoms with Gasteiger partial charge in [0.2, 0.25) is 0 Å². The van der Waals surface area contributed by atoms with Crippen molar-refractivity contribution in [1.29, 1.82) is 0 Å². The summed E-state index contributed by atoms with van der Waals surface area (Å²) < 4.78 is 2.00. The van der Waals surface area contributed by atoms with Crippen LogP contribution >= 0.6 is 28.6 Å². The van der Waals surface area contributed by atoms with E-state index in [2.05, 4.69) is 4.98 Å². The summed E-state index contributed by atoms with van der Waals surface area (Å²) in [6.45, 7) is 1.96. The third kappa shape index (κ3) is 3.24. The number of imidazole rings is 1. The molecule has 3 aromatic rings. The van der Waals surface area contributed by atoms with Gasteiger partial charge in [-0.15, -0.1) is 17.0 Å². The molecule has 0 radical (unpaired) electrons. The molecule has 0 saturated heterocycles. The highest BCUT2D eigenvalue weighted by atomic mass is 79.9. The number of aryl methyl sites for hydroxylation is 1. The topological polar surface area (TPSA) is 43.8 Å². The lowest BCUT2D eigenvalue weighted by Crippen LogP contribution is -2.15. The lowest BCUT2D eigenvalue weighted by atomic mass is 9.98. The SMILES string of the molecule is Br.Cc1nccn1-c1cc(Cl)ccc1C(N)c1ccccc1. The summed E-state index contributed by atoms with van der Waals surface area (Å²) in [5, 5.41) is 0.683. The van der Waals surface area contributed by atoms with Gasteiger partial charge < -0.3 is 10.3 Å². The number of rotatable bonds is 3. The Hall–Kier alpha value is -1.62. The minimum absolute atomic E-state index is 0. The Kier molecular flexibility index (Phi) is 5.40. The molecule has 22 heavy (non-hydrogen) atoms. The lowest BCUT2D eigenvalue weighted by Gasteiger charge is -2.18. The van der Waals surface area contributed by atoms with Crippen molar-refractivity contribution in [2.45, 2.75) is 13.0 Å². The van der Waals surface area contributed by atoms with Crippen LogP contribution in [0.2, 0.25) is 5.02 Å². The van der Waals surface area contributed by atoms with Crippen molar-refractivity contribution in [2.24, 2.45) is 5.73 Å². The Morgan fingerprint density at radius 2 is 1.86 bits per heavy atom. The molecule has 0 fully saturated rings. The van der Waals surface area contributed by atoms with Crippen LogP contribution in [0.25, 0.3) is 5.69 Å². The third-order valence-electron chi connectivity index (χ3n) is 3.57. The van der Waals surface area contributed by atoms with Gasteiger partial charge in [-0.25, -0.2) is 4.98 Å². The molecule has 0 amide bonds. The zero-order chi connectivity index (χ0) is 14.8. The Morgan fingerprint density at radius 1 is 1.14 bits per heavy atom. The minimum Gasteiger partial charge on any atom is -0.320 e. The van der Waals surface area contributed by atoms with Crippen molar-refractivity contribution >= 4 is 28.6 Å². The molecular formula is C17H17BrClN3. The van der Waals surface area contributed by atoms with E-state index in [1.807, 2.05) is 66.2 Å². The second-order valence-electron chi connectivity index (χ2n) is 4.94. The van der Waals surface area contributed by atoms with Crippen molar-refractivity contribution in [3.63, 3.8) is 0 Å². The fraction of sp³-hybridized carbons (Fsp3) is 0.118. The van der Waals surface area contributed by atoms with Crippen LogP contribution in [0.15, 0.2) is 60.9 Å². The summed E-state index contributed by atoms with van der Waals surface area (Å²) in [7, 11) is 0. The molecule has 0 aliphatic carbocycles. The highest BCUT2D eigenvalue weighted by Crippen LogP contribution is 2.28. The molecule has 0 spiro atoms. The van der Waals surface area contributed by atoms with Crippen LogP contribution in [-0.4, -0.2) is 9.55 Å². The van der Waals surface area contributed by atoms with Gasteiger partial charge in [0.15, 0.2) is 0 Å². The molecule has 2 aromatic carbocycles. The predicted molar refractivity (Wildman–Crippen MR) is 96.1 cm³/mol. The average Bonchev–Trinajstić information content (AvgIpc) is 2.93.